The van der Waals surface area contributed by atoms with E-state index in [0.29, 0.717) is 19.7 Å². The quantitative estimate of drug-likeness (QED) is 0.611. The Kier molecular flexibility index (Phi) is 3.72. The number of rotatable bonds is 2. The first-order valence-electron chi connectivity index (χ1n) is 6.11. The fourth-order valence-electron chi connectivity index (χ4n) is 2.06. The van der Waals surface area contributed by atoms with Crippen LogP contribution in [0.5, 0.6) is 5.75 Å². The number of amides is 1. The van der Waals surface area contributed by atoms with E-state index in [1.54, 1.807) is 23.1 Å². The van der Waals surface area contributed by atoms with Gasteiger partial charge in [0.1, 0.15) is 0 Å². The maximum Gasteiger partial charge on any atom is 0.257 e. The molecule has 1 aliphatic heterocycles. The van der Waals surface area contributed by atoms with Gasteiger partial charge in [-0.25, -0.2) is 0 Å². The van der Waals surface area contributed by atoms with E-state index in [1.807, 2.05) is 6.92 Å². The Hall–Kier alpha value is -1.75. The lowest BCUT2D eigenvalue weighted by Crippen LogP contribution is -2.45. The van der Waals surface area contributed by atoms with Crippen LogP contribution in [0.1, 0.15) is 23.7 Å². The number of hydrogen-bond donors (Lipinski definition) is 2. The summed E-state index contributed by atoms with van der Waals surface area (Å²) in [6.07, 6.45) is 0.943. The fourth-order valence-corrected chi connectivity index (χ4v) is 2.06. The van der Waals surface area contributed by atoms with Gasteiger partial charge in [-0.1, -0.05) is 13.0 Å². The lowest BCUT2D eigenvalue weighted by Gasteiger charge is -2.32. The van der Waals surface area contributed by atoms with Crippen LogP contribution in [0.3, 0.4) is 0 Å². The van der Waals surface area contributed by atoms with Crippen molar-refractivity contribution < 1.29 is 14.6 Å². The number of aromatic hydroxyl groups is 1. The predicted octanol–water partition coefficient (Wildman–Crippen LogP) is 1.23. The van der Waals surface area contributed by atoms with Gasteiger partial charge in [-0.2, -0.15) is 0 Å². The third-order valence-corrected chi connectivity index (χ3v) is 3.18. The van der Waals surface area contributed by atoms with Crippen LogP contribution in [0, 0.1) is 0 Å². The Morgan fingerprint density at radius 1 is 1.61 bits per heavy atom. The van der Waals surface area contributed by atoms with E-state index in [9.17, 15) is 9.90 Å². The zero-order valence-electron chi connectivity index (χ0n) is 10.4. The molecule has 1 heterocycles. The van der Waals surface area contributed by atoms with Crippen molar-refractivity contribution in [3.05, 3.63) is 23.8 Å². The summed E-state index contributed by atoms with van der Waals surface area (Å²) in [4.78, 5) is 14.0. The van der Waals surface area contributed by atoms with E-state index in [2.05, 4.69) is 0 Å². The average molecular weight is 250 g/mol. The molecular weight excluding hydrogens is 232 g/mol. The second-order valence-electron chi connectivity index (χ2n) is 4.40. The first-order valence-corrected chi connectivity index (χ1v) is 6.11. The minimum absolute atomic E-state index is 0.0749. The summed E-state index contributed by atoms with van der Waals surface area (Å²) >= 11 is 0. The summed E-state index contributed by atoms with van der Waals surface area (Å²) in [5, 5.41) is 9.82. The first-order chi connectivity index (χ1) is 8.63. The molecule has 1 saturated heterocycles. The topological polar surface area (TPSA) is 75.8 Å². The lowest BCUT2D eigenvalue weighted by atomic mass is 10.1. The standard InChI is InChI=1S/C13H18N2O3/c1-2-9-8-15(6-7-18-9)13(17)10-4-3-5-11(14)12(10)16/h3-5,9,16H,2,6-8,14H2,1H3. The predicted molar refractivity (Wildman–Crippen MR) is 68.5 cm³/mol. The average Bonchev–Trinajstić information content (AvgIpc) is 2.41. The van der Waals surface area contributed by atoms with Gasteiger partial charge in [0.25, 0.3) is 5.91 Å². The van der Waals surface area contributed by atoms with E-state index in [4.69, 9.17) is 10.5 Å². The molecule has 98 valence electrons. The first kappa shape index (κ1) is 12.7. The fraction of sp³-hybridized carbons (Fsp3) is 0.462. The summed E-state index contributed by atoms with van der Waals surface area (Å²) in [6, 6.07) is 4.82. The highest BCUT2D eigenvalue weighted by atomic mass is 16.5. The van der Waals surface area contributed by atoms with Crippen molar-refractivity contribution in [2.24, 2.45) is 0 Å². The molecule has 0 aromatic heterocycles. The van der Waals surface area contributed by atoms with Crippen LogP contribution in [0.4, 0.5) is 5.69 Å². The highest BCUT2D eigenvalue weighted by molar-refractivity contribution is 5.98. The van der Waals surface area contributed by atoms with Crippen LogP contribution in [0.2, 0.25) is 0 Å². The van der Waals surface area contributed by atoms with Crippen molar-refractivity contribution in [1.29, 1.82) is 0 Å². The number of nitrogens with two attached hydrogens (primary N) is 1. The maximum atomic E-state index is 12.3. The van der Waals surface area contributed by atoms with Gasteiger partial charge in [0.05, 0.1) is 24.0 Å². The van der Waals surface area contributed by atoms with Crippen molar-refractivity contribution in [1.82, 2.24) is 4.90 Å². The molecule has 2 rings (SSSR count). The number of anilines is 1. The zero-order chi connectivity index (χ0) is 13.1. The number of phenolic OH excluding ortho intramolecular Hbond substituents is 1. The number of phenols is 1. The summed E-state index contributed by atoms with van der Waals surface area (Å²) in [7, 11) is 0. The molecule has 18 heavy (non-hydrogen) atoms. The number of carbonyl (C=O) groups excluding carboxylic acids is 1. The van der Waals surface area contributed by atoms with Crippen molar-refractivity contribution in [3.63, 3.8) is 0 Å². The molecule has 1 amide bonds. The summed E-state index contributed by atoms with van der Waals surface area (Å²) in [6.45, 7) is 3.66. The van der Waals surface area contributed by atoms with E-state index in [0.717, 1.165) is 6.42 Å². The minimum atomic E-state index is -0.193. The smallest absolute Gasteiger partial charge is 0.257 e. The SMILES string of the molecule is CCC1CN(C(=O)c2cccc(N)c2O)CCO1. The van der Waals surface area contributed by atoms with Crippen molar-refractivity contribution in [2.75, 3.05) is 25.4 Å². The Labute approximate surface area is 106 Å². The van der Waals surface area contributed by atoms with E-state index in [1.165, 1.54) is 0 Å². The van der Waals surface area contributed by atoms with Gasteiger partial charge >= 0.3 is 0 Å². The highest BCUT2D eigenvalue weighted by Gasteiger charge is 2.25. The number of ether oxygens (including phenoxy) is 1. The molecule has 5 nitrogen and oxygen atoms in total. The Balaban J connectivity index is 2.18. The number of hydrogen-bond acceptors (Lipinski definition) is 4. The van der Waals surface area contributed by atoms with E-state index < -0.39 is 0 Å². The largest absolute Gasteiger partial charge is 0.505 e. The Morgan fingerprint density at radius 3 is 3.11 bits per heavy atom. The van der Waals surface area contributed by atoms with Crippen molar-refractivity contribution in [2.45, 2.75) is 19.4 Å². The third kappa shape index (κ3) is 2.41. The molecular formula is C13H18N2O3. The van der Waals surface area contributed by atoms with Gasteiger partial charge in [-0.15, -0.1) is 0 Å². The molecule has 0 aliphatic carbocycles. The second-order valence-corrected chi connectivity index (χ2v) is 4.40. The minimum Gasteiger partial charge on any atom is -0.505 e. The van der Waals surface area contributed by atoms with Gasteiger partial charge < -0.3 is 20.5 Å². The molecule has 1 atom stereocenters. The van der Waals surface area contributed by atoms with Crippen LogP contribution in [-0.4, -0.2) is 41.7 Å². The van der Waals surface area contributed by atoms with Gasteiger partial charge in [-0.3, -0.25) is 4.79 Å². The van der Waals surface area contributed by atoms with Crippen LogP contribution < -0.4 is 5.73 Å². The molecule has 0 spiro atoms. The normalized spacial score (nSPS) is 19.8. The highest BCUT2D eigenvalue weighted by Crippen LogP contribution is 2.26. The lowest BCUT2D eigenvalue weighted by molar-refractivity contribution is -0.0227. The number of carbonyl (C=O) groups is 1. The molecule has 0 bridgehead atoms. The van der Waals surface area contributed by atoms with Crippen LogP contribution in [-0.2, 0) is 4.74 Å². The molecule has 1 unspecified atom stereocenters. The van der Waals surface area contributed by atoms with Gasteiger partial charge in [0.15, 0.2) is 5.75 Å². The molecule has 0 radical (unpaired) electrons. The Morgan fingerprint density at radius 2 is 2.39 bits per heavy atom. The zero-order valence-corrected chi connectivity index (χ0v) is 10.4. The monoisotopic (exact) mass is 250 g/mol. The molecule has 1 aromatic carbocycles. The molecule has 1 fully saturated rings. The van der Waals surface area contributed by atoms with Crippen LogP contribution in [0.25, 0.3) is 0 Å². The van der Waals surface area contributed by atoms with Crippen LogP contribution in [0.15, 0.2) is 18.2 Å². The summed E-state index contributed by atoms with van der Waals surface area (Å²) in [5.41, 5.74) is 6.08. The Bertz CT molecular complexity index is 448. The van der Waals surface area contributed by atoms with Crippen molar-refractivity contribution >= 4 is 11.6 Å². The number of morpholine rings is 1. The van der Waals surface area contributed by atoms with E-state index in [-0.39, 0.29) is 29.0 Å². The van der Waals surface area contributed by atoms with Crippen molar-refractivity contribution in [3.8, 4) is 5.75 Å². The number of para-hydroxylation sites is 1. The maximum absolute atomic E-state index is 12.3. The van der Waals surface area contributed by atoms with Crippen LogP contribution >= 0.6 is 0 Å². The number of nitrogen functional groups attached to an aromatic ring is 1. The van der Waals surface area contributed by atoms with E-state index >= 15 is 0 Å². The summed E-state index contributed by atoms with van der Waals surface area (Å²) in [5.74, 6) is -0.330. The van der Waals surface area contributed by atoms with Gasteiger partial charge in [-0.05, 0) is 18.6 Å². The third-order valence-electron chi connectivity index (χ3n) is 3.18. The number of benzene rings is 1. The molecule has 1 aromatic rings. The molecule has 3 N–H and O–H groups in total. The number of nitrogens with zero attached hydrogens (tertiary/aromatic N) is 1. The molecule has 0 saturated carbocycles. The van der Waals surface area contributed by atoms with Gasteiger partial charge in [0.2, 0.25) is 0 Å². The van der Waals surface area contributed by atoms with Gasteiger partial charge in [0, 0.05) is 13.1 Å². The molecule has 5 heteroatoms. The summed E-state index contributed by atoms with van der Waals surface area (Å²) < 4.78 is 5.52. The second kappa shape index (κ2) is 5.27. The molecule has 1 aliphatic rings.